The van der Waals surface area contributed by atoms with E-state index in [2.05, 4.69) is 42.4 Å². The Kier molecular flexibility index (Phi) is 6.97. The third-order valence-electron chi connectivity index (χ3n) is 6.73. The minimum atomic E-state index is -0.176. The van der Waals surface area contributed by atoms with Crippen LogP contribution in [0, 0.1) is 6.92 Å². The molecule has 5 rings (SSSR count). The van der Waals surface area contributed by atoms with Gasteiger partial charge in [0, 0.05) is 73.5 Å². The Morgan fingerprint density at radius 2 is 1.94 bits per heavy atom. The van der Waals surface area contributed by atoms with E-state index in [1.165, 1.54) is 18.5 Å². The molecule has 1 fully saturated rings. The molecular formula is C26H32N6O2S. The van der Waals surface area contributed by atoms with Crippen LogP contribution in [0.4, 0.5) is 5.82 Å². The lowest BCUT2D eigenvalue weighted by Gasteiger charge is -2.27. The average molecular weight is 493 g/mol. The number of carbonyl (C=O) groups excluding carboxylic acids is 2. The van der Waals surface area contributed by atoms with E-state index < -0.39 is 0 Å². The van der Waals surface area contributed by atoms with Gasteiger partial charge in [-0.25, -0.2) is 9.29 Å². The first kappa shape index (κ1) is 23.7. The number of hydrogen-bond donors (Lipinski definition) is 1. The molecular weight excluding hydrogens is 460 g/mol. The highest BCUT2D eigenvalue weighted by molar-refractivity contribution is 7.97. The van der Waals surface area contributed by atoms with Crippen LogP contribution in [0.15, 0.2) is 47.6 Å². The van der Waals surface area contributed by atoms with Crippen LogP contribution >= 0.6 is 11.9 Å². The zero-order chi connectivity index (χ0) is 24.4. The maximum atomic E-state index is 13.3. The minimum absolute atomic E-state index is 0.0219. The largest absolute Gasteiger partial charge is 0.356 e. The summed E-state index contributed by atoms with van der Waals surface area (Å²) in [7, 11) is 0. The summed E-state index contributed by atoms with van der Waals surface area (Å²) in [6.45, 7) is 8.84. The Morgan fingerprint density at radius 3 is 2.74 bits per heavy atom. The number of nitrogens with zero attached hydrogens (tertiary/aromatic N) is 5. The van der Waals surface area contributed by atoms with Crippen molar-refractivity contribution in [3.8, 4) is 0 Å². The first-order valence-corrected chi connectivity index (χ1v) is 13.0. The van der Waals surface area contributed by atoms with Crippen molar-refractivity contribution in [3.05, 3.63) is 65.4 Å². The highest BCUT2D eigenvalue weighted by Gasteiger charge is 2.23. The van der Waals surface area contributed by atoms with Gasteiger partial charge in [0.1, 0.15) is 17.3 Å². The first-order chi connectivity index (χ1) is 17.0. The Hall–Kier alpha value is -3.04. The second-order valence-electron chi connectivity index (χ2n) is 9.28. The van der Waals surface area contributed by atoms with Gasteiger partial charge < -0.3 is 19.4 Å². The summed E-state index contributed by atoms with van der Waals surface area (Å²) in [6, 6.07) is 10.1. The molecule has 184 valence electrons. The van der Waals surface area contributed by atoms with Crippen molar-refractivity contribution in [2.75, 3.05) is 24.5 Å². The normalized spacial score (nSPS) is 15.9. The van der Waals surface area contributed by atoms with E-state index in [1.54, 1.807) is 25.1 Å². The average Bonchev–Trinajstić information content (AvgIpc) is 3.60. The van der Waals surface area contributed by atoms with Crippen molar-refractivity contribution in [1.29, 1.82) is 0 Å². The fraction of sp³-hybridized carbons (Fsp3) is 0.423. The Labute approximate surface area is 210 Å². The van der Waals surface area contributed by atoms with Crippen LogP contribution in [0.2, 0.25) is 0 Å². The lowest BCUT2D eigenvalue weighted by molar-refractivity contribution is -0.117. The maximum absolute atomic E-state index is 13.3. The molecule has 1 amide bonds. The molecule has 0 radical (unpaired) electrons. The third-order valence-corrected chi connectivity index (χ3v) is 7.91. The van der Waals surface area contributed by atoms with Crippen LogP contribution < -0.4 is 10.2 Å². The van der Waals surface area contributed by atoms with Crippen LogP contribution in [-0.4, -0.2) is 49.7 Å². The summed E-state index contributed by atoms with van der Waals surface area (Å²) in [5.41, 5.74) is 3.76. The van der Waals surface area contributed by atoms with Crippen LogP contribution in [-0.2, 0) is 31.0 Å². The number of rotatable bonds is 8. The number of fused-ring (bicyclic) bond motifs is 1. The van der Waals surface area contributed by atoms with Crippen LogP contribution in [0.25, 0.3) is 0 Å². The van der Waals surface area contributed by atoms with Crippen molar-refractivity contribution in [3.63, 3.8) is 0 Å². The molecule has 0 aliphatic carbocycles. The molecule has 2 aliphatic heterocycles. The van der Waals surface area contributed by atoms with E-state index in [-0.39, 0.29) is 18.2 Å². The van der Waals surface area contributed by atoms with Gasteiger partial charge >= 0.3 is 0 Å². The summed E-state index contributed by atoms with van der Waals surface area (Å²) >= 11 is 1.66. The van der Waals surface area contributed by atoms with Crippen molar-refractivity contribution >= 4 is 29.5 Å². The predicted octanol–water partition coefficient (Wildman–Crippen LogP) is 3.64. The lowest BCUT2D eigenvalue weighted by atomic mass is 10.2. The van der Waals surface area contributed by atoms with E-state index in [4.69, 9.17) is 0 Å². The number of Topliss-reactive ketones (excluding diaryl/α,β-unsaturated/α-hetero) is 1. The topological polar surface area (TPSA) is 75.4 Å². The fourth-order valence-electron chi connectivity index (χ4n) is 4.88. The zero-order valence-corrected chi connectivity index (χ0v) is 21.2. The van der Waals surface area contributed by atoms with Gasteiger partial charge in [-0.15, -0.1) is 0 Å². The van der Waals surface area contributed by atoms with Crippen molar-refractivity contribution in [2.45, 2.75) is 57.8 Å². The summed E-state index contributed by atoms with van der Waals surface area (Å²) in [6.07, 6.45) is 6.26. The van der Waals surface area contributed by atoms with Gasteiger partial charge in [-0.1, -0.05) is 6.07 Å². The van der Waals surface area contributed by atoms with Gasteiger partial charge in [-0.2, -0.15) is 0 Å². The Bertz CT molecular complexity index is 1230. The van der Waals surface area contributed by atoms with Crippen LogP contribution in [0.5, 0.6) is 0 Å². The van der Waals surface area contributed by atoms with E-state index >= 15 is 0 Å². The predicted molar refractivity (Wildman–Crippen MR) is 137 cm³/mol. The monoisotopic (exact) mass is 492 g/mol. The number of pyridine rings is 1. The lowest BCUT2D eigenvalue weighted by Crippen LogP contribution is -2.28. The molecule has 0 aromatic carbocycles. The molecule has 0 bridgehead atoms. The second kappa shape index (κ2) is 10.3. The maximum Gasteiger partial charge on any atom is 0.268 e. The minimum Gasteiger partial charge on any atom is -0.356 e. The number of hydrogen-bond acceptors (Lipinski definition) is 6. The highest BCUT2D eigenvalue weighted by Crippen LogP contribution is 2.32. The van der Waals surface area contributed by atoms with Crippen molar-refractivity contribution in [1.82, 2.24) is 23.7 Å². The fourth-order valence-corrected chi connectivity index (χ4v) is 5.94. The first-order valence-electron chi connectivity index (χ1n) is 12.2. The van der Waals surface area contributed by atoms with E-state index in [1.807, 2.05) is 29.7 Å². The number of ketones is 1. The van der Waals surface area contributed by atoms with Gasteiger partial charge in [-0.3, -0.25) is 9.59 Å². The number of aromatic nitrogens is 3. The van der Waals surface area contributed by atoms with E-state index in [0.29, 0.717) is 12.2 Å². The van der Waals surface area contributed by atoms with Gasteiger partial charge in [-0.05, 0) is 62.9 Å². The molecule has 5 heterocycles. The zero-order valence-electron chi connectivity index (χ0n) is 20.4. The highest BCUT2D eigenvalue weighted by atomic mass is 32.2. The summed E-state index contributed by atoms with van der Waals surface area (Å²) < 4.78 is 6.44. The molecule has 1 saturated heterocycles. The molecule has 1 N–H and O–H groups in total. The van der Waals surface area contributed by atoms with Crippen LogP contribution in [0.3, 0.4) is 0 Å². The number of carbonyl (C=O) groups is 2. The van der Waals surface area contributed by atoms with Gasteiger partial charge in [0.2, 0.25) is 0 Å². The van der Waals surface area contributed by atoms with Crippen molar-refractivity contribution < 1.29 is 9.59 Å². The number of nitrogens with one attached hydrogen (secondary N) is 1. The molecule has 0 atom stereocenters. The SMILES string of the molecule is CC(=O)Cn1c(C(=O)NCc2cccnc2N2CCCC2)cc(SN2CCn3cccc3C2)c1C. The van der Waals surface area contributed by atoms with Crippen molar-refractivity contribution in [2.24, 2.45) is 0 Å². The van der Waals surface area contributed by atoms with Gasteiger partial charge in [0.25, 0.3) is 5.91 Å². The Morgan fingerprint density at radius 1 is 1.11 bits per heavy atom. The third kappa shape index (κ3) is 5.16. The molecule has 35 heavy (non-hydrogen) atoms. The van der Waals surface area contributed by atoms with Gasteiger partial charge in [0.05, 0.1) is 6.54 Å². The standard InChI is InChI=1S/C26H32N6O2S/c1-19(33)17-32-20(2)24(35-31-14-13-29-12-6-8-22(29)18-31)15-23(32)26(34)28-16-21-7-5-9-27-25(21)30-10-3-4-11-30/h5-9,12,15H,3-4,10-11,13-14,16-18H2,1-2H3,(H,28,34). The summed E-state index contributed by atoms with van der Waals surface area (Å²) in [5, 5.41) is 3.08. The molecule has 3 aromatic rings. The molecule has 0 saturated carbocycles. The molecule has 2 aliphatic rings. The molecule has 0 spiro atoms. The second-order valence-corrected chi connectivity index (χ2v) is 10.4. The summed E-state index contributed by atoms with van der Waals surface area (Å²) in [5.74, 6) is 0.797. The van der Waals surface area contributed by atoms with Crippen LogP contribution in [0.1, 0.15) is 47.2 Å². The molecule has 9 heteroatoms. The van der Waals surface area contributed by atoms with Gasteiger partial charge in [0.15, 0.2) is 0 Å². The molecule has 3 aromatic heterocycles. The number of amides is 1. The van der Waals surface area contributed by atoms with E-state index in [0.717, 1.165) is 54.7 Å². The molecule has 8 nitrogen and oxygen atoms in total. The Balaban J connectivity index is 1.33. The molecule has 0 unspecified atom stereocenters. The van der Waals surface area contributed by atoms with E-state index in [9.17, 15) is 9.59 Å². The number of anilines is 1. The summed E-state index contributed by atoms with van der Waals surface area (Å²) in [4.78, 5) is 33.2. The quantitative estimate of drug-likeness (QED) is 0.484. The smallest absolute Gasteiger partial charge is 0.268 e.